The van der Waals surface area contributed by atoms with Crippen LogP contribution in [0.15, 0.2) is 78.9 Å². The molecule has 0 aliphatic heterocycles. The van der Waals surface area contributed by atoms with Crippen molar-refractivity contribution >= 4 is 23.3 Å². The van der Waals surface area contributed by atoms with Gasteiger partial charge in [-0.05, 0) is 54.1 Å². The van der Waals surface area contributed by atoms with Crippen LogP contribution in [0.1, 0.15) is 21.5 Å². The van der Waals surface area contributed by atoms with Crippen LogP contribution in [0.3, 0.4) is 0 Å². The zero-order valence-corrected chi connectivity index (χ0v) is 15.7. The Morgan fingerprint density at radius 3 is 1.87 bits per heavy atom. The Hall–Kier alpha value is -3.81. The molecule has 0 aromatic heterocycles. The standard InChI is InChI=1S/C22H18F3N3O2/c23-22(24,25)17-10-6-15(7-11-17)14-26-20(29)16-8-12-19(13-9-16)28-21(30)27-18-4-2-1-3-5-18/h1-13H,14H2,(H,26,29)(H2,27,28,30). The number of hydrogen-bond donors (Lipinski definition) is 3. The molecule has 3 rings (SSSR count). The summed E-state index contributed by atoms with van der Waals surface area (Å²) in [5.41, 5.74) is 1.32. The number of halogens is 3. The second kappa shape index (κ2) is 9.13. The number of para-hydroxylation sites is 1. The number of benzene rings is 3. The van der Waals surface area contributed by atoms with Crippen molar-refractivity contribution < 1.29 is 22.8 Å². The van der Waals surface area contributed by atoms with Crippen LogP contribution in [0.5, 0.6) is 0 Å². The van der Waals surface area contributed by atoms with E-state index in [-0.39, 0.29) is 12.5 Å². The molecule has 0 heterocycles. The maximum Gasteiger partial charge on any atom is 0.416 e. The van der Waals surface area contributed by atoms with Gasteiger partial charge in [0.05, 0.1) is 5.56 Å². The van der Waals surface area contributed by atoms with Gasteiger partial charge in [-0.3, -0.25) is 4.79 Å². The number of urea groups is 1. The van der Waals surface area contributed by atoms with Crippen molar-refractivity contribution in [3.05, 3.63) is 95.6 Å². The van der Waals surface area contributed by atoms with E-state index in [1.165, 1.54) is 12.1 Å². The Morgan fingerprint density at radius 2 is 1.30 bits per heavy atom. The Morgan fingerprint density at radius 1 is 0.733 bits per heavy atom. The van der Waals surface area contributed by atoms with Crippen LogP contribution in [0.2, 0.25) is 0 Å². The van der Waals surface area contributed by atoms with E-state index in [1.807, 2.05) is 6.07 Å². The Bertz CT molecular complexity index is 1000. The molecule has 154 valence electrons. The van der Waals surface area contributed by atoms with Gasteiger partial charge < -0.3 is 16.0 Å². The van der Waals surface area contributed by atoms with Crippen LogP contribution in [-0.2, 0) is 12.7 Å². The summed E-state index contributed by atoms with van der Waals surface area (Å²) in [5, 5.41) is 7.98. The van der Waals surface area contributed by atoms with Gasteiger partial charge >= 0.3 is 12.2 Å². The molecule has 0 aliphatic rings. The van der Waals surface area contributed by atoms with Gasteiger partial charge in [-0.1, -0.05) is 30.3 Å². The SMILES string of the molecule is O=C(Nc1ccccc1)Nc1ccc(C(=O)NCc2ccc(C(F)(F)F)cc2)cc1. The van der Waals surface area contributed by atoms with Crippen LogP contribution >= 0.6 is 0 Å². The molecule has 0 saturated carbocycles. The molecule has 3 N–H and O–H groups in total. The molecular formula is C22H18F3N3O2. The molecular weight excluding hydrogens is 395 g/mol. The highest BCUT2D eigenvalue weighted by Gasteiger charge is 2.29. The first-order valence-corrected chi connectivity index (χ1v) is 8.99. The van der Waals surface area contributed by atoms with Crippen molar-refractivity contribution in [3.63, 3.8) is 0 Å². The summed E-state index contributed by atoms with van der Waals surface area (Å²) in [6.45, 7) is 0.0937. The van der Waals surface area contributed by atoms with E-state index < -0.39 is 17.8 Å². The third-order valence-corrected chi connectivity index (χ3v) is 4.17. The number of amides is 3. The number of hydrogen-bond acceptors (Lipinski definition) is 2. The van der Waals surface area contributed by atoms with E-state index in [0.717, 1.165) is 12.1 Å². The maximum absolute atomic E-state index is 12.6. The number of rotatable bonds is 5. The third-order valence-electron chi connectivity index (χ3n) is 4.17. The molecule has 0 aliphatic carbocycles. The first-order chi connectivity index (χ1) is 14.3. The highest BCUT2D eigenvalue weighted by molar-refractivity contribution is 6.00. The second-order valence-electron chi connectivity index (χ2n) is 6.40. The minimum Gasteiger partial charge on any atom is -0.348 e. The van der Waals surface area contributed by atoms with Crippen LogP contribution in [0, 0.1) is 0 Å². The summed E-state index contributed by atoms with van der Waals surface area (Å²) in [7, 11) is 0. The maximum atomic E-state index is 12.6. The van der Waals surface area contributed by atoms with E-state index in [9.17, 15) is 22.8 Å². The molecule has 0 radical (unpaired) electrons. The van der Waals surface area contributed by atoms with Crippen molar-refractivity contribution in [2.24, 2.45) is 0 Å². The predicted molar refractivity (Wildman–Crippen MR) is 108 cm³/mol. The van der Waals surface area contributed by atoms with Crippen molar-refractivity contribution in [1.29, 1.82) is 0 Å². The Labute approximate surface area is 170 Å². The number of carbonyl (C=O) groups is 2. The minimum absolute atomic E-state index is 0.0937. The molecule has 0 bridgehead atoms. The predicted octanol–water partition coefficient (Wildman–Crippen LogP) is 5.28. The molecule has 8 heteroatoms. The smallest absolute Gasteiger partial charge is 0.348 e. The summed E-state index contributed by atoms with van der Waals surface area (Å²) in [5.74, 6) is -0.379. The lowest BCUT2D eigenvalue weighted by Gasteiger charge is -2.10. The van der Waals surface area contributed by atoms with Crippen molar-refractivity contribution in [2.75, 3.05) is 10.6 Å². The quantitative estimate of drug-likeness (QED) is 0.533. The third kappa shape index (κ3) is 5.84. The fourth-order valence-corrected chi connectivity index (χ4v) is 2.62. The van der Waals surface area contributed by atoms with E-state index in [0.29, 0.717) is 22.5 Å². The summed E-state index contributed by atoms with van der Waals surface area (Å²) in [6, 6.07) is 19.4. The van der Waals surface area contributed by atoms with E-state index in [2.05, 4.69) is 16.0 Å². The van der Waals surface area contributed by atoms with Crippen molar-refractivity contribution in [2.45, 2.75) is 12.7 Å². The lowest BCUT2D eigenvalue weighted by molar-refractivity contribution is -0.137. The fraction of sp³-hybridized carbons (Fsp3) is 0.0909. The van der Waals surface area contributed by atoms with E-state index >= 15 is 0 Å². The highest BCUT2D eigenvalue weighted by Crippen LogP contribution is 2.29. The van der Waals surface area contributed by atoms with Gasteiger partial charge in [0.15, 0.2) is 0 Å². The zero-order valence-electron chi connectivity index (χ0n) is 15.7. The minimum atomic E-state index is -4.39. The molecule has 0 saturated heterocycles. The fourth-order valence-electron chi connectivity index (χ4n) is 2.62. The first kappa shape index (κ1) is 20.9. The topological polar surface area (TPSA) is 70.2 Å². The molecule has 0 atom stereocenters. The average molecular weight is 413 g/mol. The Kier molecular flexibility index (Phi) is 6.36. The van der Waals surface area contributed by atoms with Gasteiger partial charge in [0, 0.05) is 23.5 Å². The number of alkyl halides is 3. The normalized spacial score (nSPS) is 10.9. The van der Waals surface area contributed by atoms with Crippen LogP contribution < -0.4 is 16.0 Å². The monoisotopic (exact) mass is 413 g/mol. The van der Waals surface area contributed by atoms with Gasteiger partial charge in [0.1, 0.15) is 0 Å². The van der Waals surface area contributed by atoms with Crippen LogP contribution in [-0.4, -0.2) is 11.9 Å². The molecule has 0 unspecified atom stereocenters. The van der Waals surface area contributed by atoms with Gasteiger partial charge in [-0.25, -0.2) is 4.79 Å². The lowest BCUT2D eigenvalue weighted by atomic mass is 10.1. The van der Waals surface area contributed by atoms with Gasteiger partial charge in [-0.2, -0.15) is 13.2 Å². The second-order valence-corrected chi connectivity index (χ2v) is 6.40. The van der Waals surface area contributed by atoms with E-state index in [4.69, 9.17) is 0 Å². The molecule has 3 amide bonds. The van der Waals surface area contributed by atoms with Crippen LogP contribution in [0.4, 0.5) is 29.3 Å². The molecule has 3 aromatic rings. The molecule has 0 fully saturated rings. The average Bonchev–Trinajstić information content (AvgIpc) is 2.73. The van der Waals surface area contributed by atoms with Crippen molar-refractivity contribution in [3.8, 4) is 0 Å². The number of carbonyl (C=O) groups excluding carboxylic acids is 2. The van der Waals surface area contributed by atoms with Gasteiger partial charge in [0.25, 0.3) is 5.91 Å². The zero-order chi connectivity index (χ0) is 21.6. The number of nitrogens with one attached hydrogen (secondary N) is 3. The molecule has 0 spiro atoms. The molecule has 3 aromatic carbocycles. The van der Waals surface area contributed by atoms with Gasteiger partial charge in [-0.15, -0.1) is 0 Å². The summed E-state index contributed by atoms with van der Waals surface area (Å²) >= 11 is 0. The summed E-state index contributed by atoms with van der Waals surface area (Å²) in [4.78, 5) is 24.2. The molecule has 5 nitrogen and oxygen atoms in total. The largest absolute Gasteiger partial charge is 0.416 e. The van der Waals surface area contributed by atoms with Crippen LogP contribution in [0.25, 0.3) is 0 Å². The van der Waals surface area contributed by atoms with E-state index in [1.54, 1.807) is 48.5 Å². The Balaban J connectivity index is 1.51. The highest BCUT2D eigenvalue weighted by atomic mass is 19.4. The first-order valence-electron chi connectivity index (χ1n) is 8.99. The number of anilines is 2. The van der Waals surface area contributed by atoms with Crippen molar-refractivity contribution in [1.82, 2.24) is 5.32 Å². The molecule has 30 heavy (non-hydrogen) atoms. The summed E-state index contributed by atoms with van der Waals surface area (Å²) < 4.78 is 37.7. The van der Waals surface area contributed by atoms with Gasteiger partial charge in [0.2, 0.25) is 0 Å². The summed E-state index contributed by atoms with van der Waals surface area (Å²) in [6.07, 6.45) is -4.39. The lowest BCUT2D eigenvalue weighted by Crippen LogP contribution is -2.23.